The van der Waals surface area contributed by atoms with Gasteiger partial charge in [0.1, 0.15) is 0 Å². The van der Waals surface area contributed by atoms with Crippen LogP contribution in [0, 0.1) is 12.3 Å². The van der Waals surface area contributed by atoms with Crippen LogP contribution in [0.1, 0.15) is 37.6 Å². The molecule has 21 heavy (non-hydrogen) atoms. The van der Waals surface area contributed by atoms with Crippen molar-refractivity contribution in [3.05, 3.63) is 15.9 Å². The van der Waals surface area contributed by atoms with Gasteiger partial charge in [0.2, 0.25) is 0 Å². The maximum absolute atomic E-state index is 12.5. The van der Waals surface area contributed by atoms with Crippen molar-refractivity contribution in [2.45, 2.75) is 45.4 Å². The first-order valence-electron chi connectivity index (χ1n) is 7.04. The lowest BCUT2D eigenvalue weighted by atomic mass is 10.1. The highest BCUT2D eigenvalue weighted by molar-refractivity contribution is 9.10. The van der Waals surface area contributed by atoms with Crippen molar-refractivity contribution in [2.75, 3.05) is 12.9 Å². The minimum Gasteiger partial charge on any atom is -0.469 e. The Hall–Kier alpha value is -0.690. The summed E-state index contributed by atoms with van der Waals surface area (Å²) in [5, 5.41) is 4.42. The van der Waals surface area contributed by atoms with E-state index in [9.17, 15) is 9.00 Å². The van der Waals surface area contributed by atoms with Gasteiger partial charge in [0.05, 0.1) is 35.1 Å². The number of halogens is 1. The van der Waals surface area contributed by atoms with Crippen molar-refractivity contribution >= 4 is 32.7 Å². The van der Waals surface area contributed by atoms with Crippen LogP contribution >= 0.6 is 15.9 Å². The van der Waals surface area contributed by atoms with Gasteiger partial charge in [0.25, 0.3) is 0 Å². The Kier molecular flexibility index (Phi) is 5.24. The number of nitrogens with zero attached hydrogens (tertiary/aromatic N) is 2. The van der Waals surface area contributed by atoms with Crippen molar-refractivity contribution in [3.8, 4) is 0 Å². The molecule has 2 rings (SSSR count). The van der Waals surface area contributed by atoms with Gasteiger partial charge in [0.15, 0.2) is 0 Å². The lowest BCUT2D eigenvalue weighted by Crippen LogP contribution is -2.19. The van der Waals surface area contributed by atoms with E-state index in [0.717, 1.165) is 35.2 Å². The molecule has 5 nitrogen and oxygen atoms in total. The van der Waals surface area contributed by atoms with Gasteiger partial charge in [-0.25, -0.2) is 0 Å². The molecule has 0 saturated heterocycles. The molecule has 118 valence electrons. The highest BCUT2D eigenvalue weighted by Crippen LogP contribution is 2.49. The zero-order valence-electron chi connectivity index (χ0n) is 12.6. The Morgan fingerprint density at radius 2 is 2.19 bits per heavy atom. The maximum atomic E-state index is 12.5. The molecule has 0 spiro atoms. The van der Waals surface area contributed by atoms with E-state index in [1.54, 1.807) is 0 Å². The monoisotopic (exact) mass is 376 g/mol. The summed E-state index contributed by atoms with van der Waals surface area (Å²) in [4.78, 5) is 11.4. The minimum atomic E-state index is -1.00. The highest BCUT2D eigenvalue weighted by Gasteiger charge is 2.46. The van der Waals surface area contributed by atoms with Gasteiger partial charge in [-0.05, 0) is 48.0 Å². The molecule has 0 amide bonds. The van der Waals surface area contributed by atoms with Crippen LogP contribution in [0.15, 0.2) is 4.47 Å². The first kappa shape index (κ1) is 16.7. The van der Waals surface area contributed by atoms with E-state index in [1.165, 1.54) is 7.11 Å². The fraction of sp³-hybridized carbons (Fsp3) is 0.714. The van der Waals surface area contributed by atoms with E-state index >= 15 is 0 Å². The molecule has 1 fully saturated rings. The van der Waals surface area contributed by atoms with Crippen LogP contribution in [-0.2, 0) is 32.6 Å². The Morgan fingerprint density at radius 3 is 2.71 bits per heavy atom. The standard InChI is InChI=1S/C14H21BrN2O3S/c1-4-17-11(13(15)10(2)16-17)8-21(19)9-14(5-6-14)7-12(18)20-3/h4-9H2,1-3H3. The van der Waals surface area contributed by atoms with Gasteiger partial charge in [-0.1, -0.05) is 0 Å². The van der Waals surface area contributed by atoms with E-state index in [-0.39, 0.29) is 11.4 Å². The first-order chi connectivity index (χ1) is 9.90. The minimum absolute atomic E-state index is 0.101. The number of aryl methyl sites for hydroxylation is 2. The molecule has 7 heteroatoms. The molecule has 1 atom stereocenters. The zero-order valence-corrected chi connectivity index (χ0v) is 15.1. The van der Waals surface area contributed by atoms with Crippen LogP contribution in [0.3, 0.4) is 0 Å². The molecule has 0 bridgehead atoms. The first-order valence-corrected chi connectivity index (χ1v) is 9.32. The normalized spacial score (nSPS) is 17.5. The van der Waals surface area contributed by atoms with Gasteiger partial charge in [-0.2, -0.15) is 5.10 Å². The number of hydrogen-bond acceptors (Lipinski definition) is 4. The Labute approximate surface area is 136 Å². The SMILES string of the molecule is CCn1nc(C)c(Br)c1CS(=O)CC1(CC(=O)OC)CC1. The number of aromatic nitrogens is 2. The Morgan fingerprint density at radius 1 is 1.52 bits per heavy atom. The van der Waals surface area contributed by atoms with Gasteiger partial charge < -0.3 is 4.74 Å². The molecule has 1 saturated carbocycles. The molecule has 0 aromatic carbocycles. The van der Waals surface area contributed by atoms with Gasteiger partial charge >= 0.3 is 5.97 Å². The number of carbonyl (C=O) groups excluding carboxylic acids is 1. The highest BCUT2D eigenvalue weighted by atomic mass is 79.9. The third-order valence-electron chi connectivity index (χ3n) is 3.92. The van der Waals surface area contributed by atoms with Gasteiger partial charge in [0, 0.05) is 23.1 Å². The van der Waals surface area contributed by atoms with E-state index in [4.69, 9.17) is 4.74 Å². The average Bonchev–Trinajstić information content (AvgIpc) is 3.14. The number of esters is 1. The Balaban J connectivity index is 2.01. The smallest absolute Gasteiger partial charge is 0.306 e. The third kappa shape index (κ3) is 3.94. The number of hydrogen-bond donors (Lipinski definition) is 0. The van der Waals surface area contributed by atoms with Crippen molar-refractivity contribution in [3.63, 3.8) is 0 Å². The van der Waals surface area contributed by atoms with Crippen LogP contribution < -0.4 is 0 Å². The van der Waals surface area contributed by atoms with Crippen molar-refractivity contribution in [1.29, 1.82) is 0 Å². The van der Waals surface area contributed by atoms with Crippen LogP contribution in [0.5, 0.6) is 0 Å². The summed E-state index contributed by atoms with van der Waals surface area (Å²) in [6.07, 6.45) is 2.30. The van der Waals surface area contributed by atoms with Crippen molar-refractivity contribution in [2.24, 2.45) is 5.41 Å². The topological polar surface area (TPSA) is 61.2 Å². The van der Waals surface area contributed by atoms with E-state index < -0.39 is 10.8 Å². The second kappa shape index (κ2) is 6.60. The predicted octanol–water partition coefficient (Wildman–Crippen LogP) is 2.57. The second-order valence-electron chi connectivity index (χ2n) is 5.64. The zero-order chi connectivity index (χ0) is 15.6. The molecule has 1 aromatic rings. The third-order valence-corrected chi connectivity index (χ3v) is 6.48. The second-order valence-corrected chi connectivity index (χ2v) is 7.89. The molecular formula is C14H21BrN2O3S. The molecule has 1 aliphatic rings. The number of carbonyl (C=O) groups is 1. The summed E-state index contributed by atoms with van der Waals surface area (Å²) in [5.41, 5.74) is 1.79. The van der Waals surface area contributed by atoms with E-state index in [0.29, 0.717) is 17.9 Å². The van der Waals surface area contributed by atoms with Crippen LogP contribution in [-0.4, -0.2) is 32.8 Å². The van der Waals surface area contributed by atoms with Crippen LogP contribution in [0.2, 0.25) is 0 Å². The lowest BCUT2D eigenvalue weighted by Gasteiger charge is -2.13. The lowest BCUT2D eigenvalue weighted by molar-refractivity contribution is -0.141. The number of ether oxygens (including phenoxy) is 1. The quantitative estimate of drug-likeness (QED) is 0.686. The van der Waals surface area contributed by atoms with E-state index in [2.05, 4.69) is 21.0 Å². The van der Waals surface area contributed by atoms with Crippen LogP contribution in [0.25, 0.3) is 0 Å². The average molecular weight is 377 g/mol. The molecule has 1 aromatic heterocycles. The molecule has 1 unspecified atom stereocenters. The predicted molar refractivity (Wildman–Crippen MR) is 85.4 cm³/mol. The van der Waals surface area contributed by atoms with Crippen LogP contribution in [0.4, 0.5) is 0 Å². The summed E-state index contributed by atoms with van der Waals surface area (Å²) in [7, 11) is 0.394. The van der Waals surface area contributed by atoms with Gasteiger partial charge in [-0.3, -0.25) is 13.7 Å². The summed E-state index contributed by atoms with van der Waals surface area (Å²) in [6, 6.07) is 0. The molecule has 0 aliphatic heterocycles. The molecule has 0 N–H and O–H groups in total. The number of rotatable bonds is 7. The molecule has 0 radical (unpaired) electrons. The van der Waals surface area contributed by atoms with Crippen molar-refractivity contribution in [1.82, 2.24) is 9.78 Å². The summed E-state index contributed by atoms with van der Waals surface area (Å²) < 4.78 is 20.0. The fourth-order valence-electron chi connectivity index (χ4n) is 2.48. The van der Waals surface area contributed by atoms with Crippen molar-refractivity contribution < 1.29 is 13.7 Å². The maximum Gasteiger partial charge on any atom is 0.306 e. The van der Waals surface area contributed by atoms with E-state index in [1.807, 2.05) is 18.5 Å². The fourth-order valence-corrected chi connectivity index (χ4v) is 4.86. The summed E-state index contributed by atoms with van der Waals surface area (Å²) in [5.74, 6) is 0.820. The molecule has 1 aliphatic carbocycles. The number of methoxy groups -OCH3 is 1. The largest absolute Gasteiger partial charge is 0.469 e. The molecule has 1 heterocycles. The molecular weight excluding hydrogens is 356 g/mol. The summed E-state index contributed by atoms with van der Waals surface area (Å²) >= 11 is 3.53. The Bertz CT molecular complexity index is 567. The summed E-state index contributed by atoms with van der Waals surface area (Å²) in [6.45, 7) is 4.71. The van der Waals surface area contributed by atoms with Gasteiger partial charge in [-0.15, -0.1) is 0 Å².